The van der Waals surface area contributed by atoms with E-state index in [1.54, 1.807) is 6.07 Å². The van der Waals surface area contributed by atoms with Gasteiger partial charge < -0.3 is 14.8 Å². The van der Waals surface area contributed by atoms with Gasteiger partial charge in [0.2, 0.25) is 10.0 Å². The number of ether oxygens (including phenoxy) is 2. The van der Waals surface area contributed by atoms with Crippen LogP contribution in [-0.4, -0.2) is 57.0 Å². The third kappa shape index (κ3) is 4.22. The maximum absolute atomic E-state index is 12.8. The highest BCUT2D eigenvalue weighted by Gasteiger charge is 2.27. The molecule has 8 nitrogen and oxygen atoms in total. The van der Waals surface area contributed by atoms with Crippen molar-refractivity contribution in [1.29, 1.82) is 0 Å². The predicted molar refractivity (Wildman–Crippen MR) is 99.8 cm³/mol. The second-order valence-corrected chi connectivity index (χ2v) is 7.97. The lowest BCUT2D eigenvalue weighted by molar-refractivity contribution is 0.0730. The number of carbonyl (C=O) groups is 1. The SMILES string of the molecule is COc1ccc(S(=O)(=O)N2CCOCC2)cc1NC(=O)c1cccnc1Cl. The number of carbonyl (C=O) groups excluding carboxylic acids is 1. The number of anilines is 1. The van der Waals surface area contributed by atoms with E-state index in [1.165, 1.54) is 41.9 Å². The number of methoxy groups -OCH3 is 1. The van der Waals surface area contributed by atoms with E-state index in [-0.39, 0.29) is 34.4 Å². The van der Waals surface area contributed by atoms with Crippen LogP contribution in [0.4, 0.5) is 5.69 Å². The third-order valence-electron chi connectivity index (χ3n) is 4.03. The molecule has 0 unspecified atom stereocenters. The molecule has 0 spiro atoms. The highest BCUT2D eigenvalue weighted by atomic mass is 35.5. The van der Waals surface area contributed by atoms with E-state index in [0.717, 1.165) is 0 Å². The van der Waals surface area contributed by atoms with Gasteiger partial charge in [-0.05, 0) is 30.3 Å². The zero-order chi connectivity index (χ0) is 19.4. The average molecular weight is 412 g/mol. The summed E-state index contributed by atoms with van der Waals surface area (Å²) in [6.45, 7) is 1.25. The zero-order valence-corrected chi connectivity index (χ0v) is 16.1. The van der Waals surface area contributed by atoms with Gasteiger partial charge in [-0.3, -0.25) is 4.79 Å². The van der Waals surface area contributed by atoms with E-state index < -0.39 is 15.9 Å². The first-order chi connectivity index (χ1) is 12.9. The summed E-state index contributed by atoms with van der Waals surface area (Å²) in [6, 6.07) is 7.40. The number of hydrogen-bond acceptors (Lipinski definition) is 6. The van der Waals surface area contributed by atoms with E-state index >= 15 is 0 Å². The molecule has 27 heavy (non-hydrogen) atoms. The highest BCUT2D eigenvalue weighted by molar-refractivity contribution is 7.89. The molecule has 1 fully saturated rings. The van der Waals surface area contributed by atoms with Crippen LogP contribution in [0.15, 0.2) is 41.4 Å². The molecule has 10 heteroatoms. The number of nitrogens with one attached hydrogen (secondary N) is 1. The van der Waals surface area contributed by atoms with Crippen molar-refractivity contribution in [2.24, 2.45) is 0 Å². The van der Waals surface area contributed by atoms with Crippen molar-refractivity contribution in [3.8, 4) is 5.75 Å². The average Bonchev–Trinajstić information content (AvgIpc) is 2.69. The Balaban J connectivity index is 1.92. The minimum atomic E-state index is -3.71. The summed E-state index contributed by atoms with van der Waals surface area (Å²) in [5.41, 5.74) is 0.388. The van der Waals surface area contributed by atoms with Gasteiger partial charge in [0.15, 0.2) is 0 Å². The number of amides is 1. The summed E-state index contributed by atoms with van der Waals surface area (Å²) in [5.74, 6) is -0.198. The van der Waals surface area contributed by atoms with Crippen molar-refractivity contribution in [3.63, 3.8) is 0 Å². The number of pyridine rings is 1. The fourth-order valence-electron chi connectivity index (χ4n) is 2.63. The Morgan fingerprint density at radius 3 is 2.70 bits per heavy atom. The lowest BCUT2D eigenvalue weighted by Crippen LogP contribution is -2.40. The van der Waals surface area contributed by atoms with Gasteiger partial charge in [0.1, 0.15) is 10.9 Å². The predicted octanol–water partition coefficient (Wildman–Crippen LogP) is 2.02. The summed E-state index contributed by atoms with van der Waals surface area (Å²) < 4.78 is 37.5. The monoisotopic (exact) mass is 411 g/mol. The zero-order valence-electron chi connectivity index (χ0n) is 14.5. The van der Waals surface area contributed by atoms with E-state index in [2.05, 4.69) is 10.3 Å². The van der Waals surface area contributed by atoms with Gasteiger partial charge in [-0.1, -0.05) is 11.6 Å². The molecule has 2 heterocycles. The molecular weight excluding hydrogens is 394 g/mol. The van der Waals surface area contributed by atoms with Gasteiger partial charge in [0.05, 0.1) is 36.5 Å². The number of hydrogen-bond donors (Lipinski definition) is 1. The minimum absolute atomic E-state index is 0.0473. The molecule has 0 aliphatic carbocycles. The summed E-state index contributed by atoms with van der Waals surface area (Å²) in [5, 5.41) is 2.69. The maximum Gasteiger partial charge on any atom is 0.258 e. The van der Waals surface area contributed by atoms with E-state index in [1.807, 2.05) is 0 Å². The number of benzene rings is 1. The van der Waals surface area contributed by atoms with Crippen LogP contribution in [-0.2, 0) is 14.8 Å². The Bertz CT molecular complexity index is 945. The van der Waals surface area contributed by atoms with Crippen molar-refractivity contribution >= 4 is 33.2 Å². The number of morpholine rings is 1. The number of nitrogens with zero attached hydrogens (tertiary/aromatic N) is 2. The molecule has 0 radical (unpaired) electrons. The van der Waals surface area contributed by atoms with Gasteiger partial charge in [0.25, 0.3) is 5.91 Å². The van der Waals surface area contributed by atoms with Crippen LogP contribution in [0.3, 0.4) is 0 Å². The topological polar surface area (TPSA) is 97.8 Å². The minimum Gasteiger partial charge on any atom is -0.495 e. The molecule has 1 amide bonds. The molecule has 1 aromatic carbocycles. The van der Waals surface area contributed by atoms with Crippen molar-refractivity contribution in [3.05, 3.63) is 47.2 Å². The fourth-order valence-corrected chi connectivity index (χ4v) is 4.27. The lowest BCUT2D eigenvalue weighted by atomic mass is 10.2. The number of aromatic nitrogens is 1. The molecule has 0 saturated carbocycles. The second-order valence-electron chi connectivity index (χ2n) is 5.67. The van der Waals surface area contributed by atoms with Gasteiger partial charge in [-0.15, -0.1) is 0 Å². The largest absolute Gasteiger partial charge is 0.495 e. The molecule has 0 bridgehead atoms. The Kier molecular flexibility index (Phi) is 5.95. The van der Waals surface area contributed by atoms with Crippen molar-refractivity contribution in [2.75, 3.05) is 38.7 Å². The fraction of sp³-hybridized carbons (Fsp3) is 0.294. The second kappa shape index (κ2) is 8.22. The van der Waals surface area contributed by atoms with Crippen LogP contribution >= 0.6 is 11.6 Å². The van der Waals surface area contributed by atoms with E-state index in [9.17, 15) is 13.2 Å². The van der Waals surface area contributed by atoms with Crippen LogP contribution in [0.25, 0.3) is 0 Å². The molecule has 2 aromatic rings. The summed E-state index contributed by atoms with van der Waals surface area (Å²) in [7, 11) is -2.28. The molecule has 1 aliphatic heterocycles. The highest BCUT2D eigenvalue weighted by Crippen LogP contribution is 2.30. The molecule has 1 aromatic heterocycles. The molecular formula is C17H18ClN3O5S. The molecule has 0 atom stereocenters. The van der Waals surface area contributed by atoms with Gasteiger partial charge in [0, 0.05) is 19.3 Å². The normalized spacial score (nSPS) is 15.3. The van der Waals surface area contributed by atoms with Gasteiger partial charge in [-0.25, -0.2) is 13.4 Å². The molecule has 3 rings (SSSR count). The van der Waals surface area contributed by atoms with E-state index in [4.69, 9.17) is 21.1 Å². The first-order valence-corrected chi connectivity index (χ1v) is 9.93. The van der Waals surface area contributed by atoms with Crippen LogP contribution in [0.2, 0.25) is 5.15 Å². The standard InChI is InChI=1S/C17H18ClN3O5S/c1-25-15-5-4-12(27(23,24)21-7-9-26-10-8-21)11-14(15)20-17(22)13-3-2-6-19-16(13)18/h2-6,11H,7-10H2,1H3,(H,20,22). The van der Waals surface area contributed by atoms with Crippen LogP contribution in [0, 0.1) is 0 Å². The van der Waals surface area contributed by atoms with Crippen molar-refractivity contribution in [1.82, 2.24) is 9.29 Å². The van der Waals surface area contributed by atoms with Crippen molar-refractivity contribution < 1.29 is 22.7 Å². The number of rotatable bonds is 5. The Labute approximate surface area is 162 Å². The van der Waals surface area contributed by atoms with Crippen LogP contribution < -0.4 is 10.1 Å². The first-order valence-electron chi connectivity index (χ1n) is 8.11. The van der Waals surface area contributed by atoms with Gasteiger partial charge in [-0.2, -0.15) is 4.31 Å². The first kappa shape index (κ1) is 19.6. The van der Waals surface area contributed by atoms with Crippen molar-refractivity contribution in [2.45, 2.75) is 4.90 Å². The molecule has 1 saturated heterocycles. The quantitative estimate of drug-likeness (QED) is 0.756. The summed E-state index contributed by atoms with van der Waals surface area (Å²) in [4.78, 5) is 16.4. The van der Waals surface area contributed by atoms with Gasteiger partial charge >= 0.3 is 0 Å². The number of sulfonamides is 1. The van der Waals surface area contributed by atoms with Crippen LogP contribution in [0.1, 0.15) is 10.4 Å². The molecule has 1 N–H and O–H groups in total. The summed E-state index contributed by atoms with van der Waals surface area (Å²) in [6.07, 6.45) is 1.47. The van der Waals surface area contributed by atoms with Crippen LogP contribution in [0.5, 0.6) is 5.75 Å². The molecule has 144 valence electrons. The lowest BCUT2D eigenvalue weighted by Gasteiger charge is -2.26. The Morgan fingerprint density at radius 2 is 2.04 bits per heavy atom. The Hall–Kier alpha value is -2.20. The number of halogens is 1. The third-order valence-corrected chi connectivity index (χ3v) is 6.23. The van der Waals surface area contributed by atoms with E-state index in [0.29, 0.717) is 19.0 Å². The smallest absolute Gasteiger partial charge is 0.258 e. The summed E-state index contributed by atoms with van der Waals surface area (Å²) >= 11 is 5.95. The maximum atomic E-state index is 12.8. The Morgan fingerprint density at radius 1 is 1.30 bits per heavy atom. The molecule has 1 aliphatic rings.